The number of hydrogen-bond acceptors (Lipinski definition) is 4. The first-order chi connectivity index (χ1) is 11.9. The molecule has 0 unspecified atom stereocenters. The lowest BCUT2D eigenvalue weighted by atomic mass is 9.75. The third-order valence-corrected chi connectivity index (χ3v) is 6.58. The molecule has 1 aromatic carbocycles. The molecule has 25 heavy (non-hydrogen) atoms. The average Bonchev–Trinajstić information content (AvgIpc) is 3.04. The van der Waals surface area contributed by atoms with E-state index in [9.17, 15) is 9.90 Å². The Morgan fingerprint density at radius 2 is 1.96 bits per heavy atom. The van der Waals surface area contributed by atoms with Crippen molar-refractivity contribution >= 4 is 5.91 Å². The van der Waals surface area contributed by atoms with Gasteiger partial charge in [-0.25, -0.2) is 0 Å². The van der Waals surface area contributed by atoms with E-state index in [-0.39, 0.29) is 17.9 Å². The maximum absolute atomic E-state index is 13.2. The third-order valence-electron chi connectivity index (χ3n) is 6.58. The van der Waals surface area contributed by atoms with Gasteiger partial charge in [0.1, 0.15) is 11.4 Å². The number of amides is 1. The van der Waals surface area contributed by atoms with Gasteiger partial charge in [0.2, 0.25) is 0 Å². The Balaban J connectivity index is 1.72. The van der Waals surface area contributed by atoms with E-state index in [0.717, 1.165) is 18.7 Å². The standard InChI is InChI=1S/C20H28N2O3/c1-20(2,25-3)19(24)22-12-16(14-5-4-6-15(23)11-14)18-17(22)13-7-9-21(18)10-8-13/h4-6,11,13,16-18,23H,7-10,12H2,1-3H3/t16-,17+,18+/m1/s1. The van der Waals surface area contributed by atoms with Gasteiger partial charge in [-0.05, 0) is 63.4 Å². The minimum absolute atomic E-state index is 0.0846. The molecule has 0 spiro atoms. The first-order valence-corrected chi connectivity index (χ1v) is 9.31. The normalized spacial score (nSPS) is 34.2. The molecule has 1 aromatic rings. The molecule has 0 saturated carbocycles. The second-order valence-corrected chi connectivity index (χ2v) is 8.23. The van der Waals surface area contributed by atoms with Gasteiger partial charge in [0, 0.05) is 25.6 Å². The van der Waals surface area contributed by atoms with E-state index in [2.05, 4.69) is 15.9 Å². The van der Waals surface area contributed by atoms with Crippen LogP contribution in [0.2, 0.25) is 0 Å². The van der Waals surface area contributed by atoms with E-state index in [1.165, 1.54) is 12.8 Å². The van der Waals surface area contributed by atoms with Crippen molar-refractivity contribution in [1.82, 2.24) is 9.80 Å². The fourth-order valence-corrected chi connectivity index (χ4v) is 5.14. The van der Waals surface area contributed by atoms with Gasteiger partial charge in [-0.2, -0.15) is 0 Å². The molecular weight excluding hydrogens is 316 g/mol. The highest BCUT2D eigenvalue weighted by molar-refractivity contribution is 5.85. The number of phenolic OH excluding ortho intramolecular Hbond substituents is 1. The van der Waals surface area contributed by atoms with Gasteiger partial charge in [0.25, 0.3) is 5.91 Å². The van der Waals surface area contributed by atoms with Gasteiger partial charge in [-0.15, -0.1) is 0 Å². The molecule has 2 bridgehead atoms. The highest BCUT2D eigenvalue weighted by atomic mass is 16.5. The quantitative estimate of drug-likeness (QED) is 0.913. The summed E-state index contributed by atoms with van der Waals surface area (Å²) in [5.41, 5.74) is 0.331. The summed E-state index contributed by atoms with van der Waals surface area (Å²) < 4.78 is 5.49. The zero-order valence-corrected chi connectivity index (χ0v) is 15.3. The summed E-state index contributed by atoms with van der Waals surface area (Å²) in [4.78, 5) is 17.9. The van der Waals surface area contributed by atoms with Crippen LogP contribution in [0.5, 0.6) is 5.75 Å². The van der Waals surface area contributed by atoms with Crippen molar-refractivity contribution in [3.63, 3.8) is 0 Å². The number of hydrogen-bond donors (Lipinski definition) is 1. The summed E-state index contributed by atoms with van der Waals surface area (Å²) in [6, 6.07) is 8.17. The highest BCUT2D eigenvalue weighted by Gasteiger charge is 2.56. The summed E-state index contributed by atoms with van der Waals surface area (Å²) in [5.74, 6) is 1.21. The number of piperidine rings is 3. The molecule has 4 heterocycles. The number of methoxy groups -OCH3 is 1. The maximum atomic E-state index is 13.2. The lowest BCUT2D eigenvalue weighted by Gasteiger charge is -2.51. The molecule has 4 saturated heterocycles. The molecule has 1 N–H and O–H groups in total. The van der Waals surface area contributed by atoms with Gasteiger partial charge in [0.05, 0.1) is 6.04 Å². The highest BCUT2D eigenvalue weighted by Crippen LogP contribution is 2.47. The largest absolute Gasteiger partial charge is 0.508 e. The van der Waals surface area contributed by atoms with E-state index in [1.54, 1.807) is 13.2 Å². The fraction of sp³-hybridized carbons (Fsp3) is 0.650. The van der Waals surface area contributed by atoms with Crippen LogP contribution >= 0.6 is 0 Å². The summed E-state index contributed by atoms with van der Waals surface area (Å²) in [6.45, 7) is 6.66. The van der Waals surface area contributed by atoms with E-state index < -0.39 is 5.60 Å². The molecule has 0 radical (unpaired) electrons. The van der Waals surface area contributed by atoms with Crippen LogP contribution < -0.4 is 0 Å². The predicted molar refractivity (Wildman–Crippen MR) is 95.5 cm³/mol. The van der Waals surface area contributed by atoms with Crippen molar-refractivity contribution in [2.24, 2.45) is 5.92 Å². The van der Waals surface area contributed by atoms with Gasteiger partial charge < -0.3 is 14.7 Å². The minimum Gasteiger partial charge on any atom is -0.508 e. The summed E-state index contributed by atoms with van der Waals surface area (Å²) >= 11 is 0. The van der Waals surface area contributed by atoms with Crippen molar-refractivity contribution in [2.45, 2.75) is 50.3 Å². The van der Waals surface area contributed by atoms with Crippen LogP contribution in [0.15, 0.2) is 24.3 Å². The smallest absolute Gasteiger partial charge is 0.254 e. The Bertz CT molecular complexity index is 667. The Morgan fingerprint density at radius 3 is 2.60 bits per heavy atom. The predicted octanol–water partition coefficient (Wildman–Crippen LogP) is 2.21. The molecule has 3 atom stereocenters. The van der Waals surface area contributed by atoms with Crippen LogP contribution in [-0.2, 0) is 9.53 Å². The third kappa shape index (κ3) is 2.64. The molecule has 4 fully saturated rings. The van der Waals surface area contributed by atoms with Crippen molar-refractivity contribution in [3.8, 4) is 5.75 Å². The van der Waals surface area contributed by atoms with E-state index >= 15 is 0 Å². The second kappa shape index (κ2) is 5.99. The number of ether oxygens (including phenoxy) is 1. The Hall–Kier alpha value is -1.59. The fourth-order valence-electron chi connectivity index (χ4n) is 5.14. The maximum Gasteiger partial charge on any atom is 0.254 e. The molecule has 0 aromatic heterocycles. The number of nitrogens with zero attached hydrogens (tertiary/aromatic N) is 2. The molecule has 136 valence electrons. The van der Waals surface area contributed by atoms with Gasteiger partial charge in [0.15, 0.2) is 0 Å². The number of likely N-dealkylation sites (tertiary alicyclic amines) is 1. The second-order valence-electron chi connectivity index (χ2n) is 8.23. The van der Waals surface area contributed by atoms with Gasteiger partial charge in [-0.3, -0.25) is 9.69 Å². The van der Waals surface area contributed by atoms with Crippen LogP contribution in [0.4, 0.5) is 0 Å². The lowest BCUT2D eigenvalue weighted by molar-refractivity contribution is -0.155. The van der Waals surface area contributed by atoms with Gasteiger partial charge >= 0.3 is 0 Å². The van der Waals surface area contributed by atoms with Crippen molar-refractivity contribution in [1.29, 1.82) is 0 Å². The number of aromatic hydroxyl groups is 1. The van der Waals surface area contributed by atoms with Crippen LogP contribution in [0.3, 0.4) is 0 Å². The Labute approximate surface area is 149 Å². The number of fused-ring (bicyclic) bond motifs is 2. The number of phenols is 1. The molecular formula is C20H28N2O3. The number of carbonyl (C=O) groups excluding carboxylic acids is 1. The van der Waals surface area contributed by atoms with Crippen molar-refractivity contribution in [2.75, 3.05) is 26.7 Å². The van der Waals surface area contributed by atoms with Crippen LogP contribution in [-0.4, -0.2) is 65.2 Å². The molecule has 5 heteroatoms. The summed E-state index contributed by atoms with van der Waals surface area (Å²) in [5, 5.41) is 9.93. The minimum atomic E-state index is -0.801. The first-order valence-electron chi connectivity index (χ1n) is 9.31. The number of benzene rings is 1. The first kappa shape index (κ1) is 16.9. The monoisotopic (exact) mass is 344 g/mol. The van der Waals surface area contributed by atoms with Crippen molar-refractivity contribution in [3.05, 3.63) is 29.8 Å². The van der Waals surface area contributed by atoms with Crippen LogP contribution in [0.25, 0.3) is 0 Å². The molecule has 4 aliphatic rings. The SMILES string of the molecule is COC(C)(C)C(=O)N1C[C@H](c2cccc(O)c2)[C@H]2[C@@H]1C1CCN2CC1. The Kier molecular flexibility index (Phi) is 4.04. The molecule has 5 rings (SSSR count). The topological polar surface area (TPSA) is 53.0 Å². The van der Waals surface area contributed by atoms with E-state index in [4.69, 9.17) is 4.74 Å². The zero-order valence-electron chi connectivity index (χ0n) is 15.3. The molecule has 1 amide bonds. The Morgan fingerprint density at radius 1 is 1.24 bits per heavy atom. The summed E-state index contributed by atoms with van der Waals surface area (Å²) in [7, 11) is 1.61. The molecule has 5 nitrogen and oxygen atoms in total. The summed E-state index contributed by atoms with van der Waals surface area (Å²) in [6.07, 6.45) is 2.34. The number of carbonyl (C=O) groups is 1. The van der Waals surface area contributed by atoms with E-state index in [0.29, 0.717) is 24.3 Å². The average molecular weight is 344 g/mol. The van der Waals surface area contributed by atoms with E-state index in [1.807, 2.05) is 26.0 Å². The van der Waals surface area contributed by atoms with Gasteiger partial charge in [-0.1, -0.05) is 12.1 Å². The molecule has 0 aliphatic carbocycles. The van der Waals surface area contributed by atoms with Crippen LogP contribution in [0.1, 0.15) is 38.2 Å². The zero-order chi connectivity index (χ0) is 17.8. The van der Waals surface area contributed by atoms with Crippen LogP contribution in [0, 0.1) is 5.92 Å². The number of rotatable bonds is 3. The van der Waals surface area contributed by atoms with Crippen molar-refractivity contribution < 1.29 is 14.6 Å². The molecule has 4 aliphatic heterocycles. The lowest BCUT2D eigenvalue weighted by Crippen LogP contribution is -2.62.